The number of methoxy groups -OCH3 is 1. The number of carbonyl (C=O) groups is 1. The minimum atomic E-state index is -0.449. The van der Waals surface area contributed by atoms with Crippen LogP contribution in [0.3, 0.4) is 0 Å². The van der Waals surface area contributed by atoms with Gasteiger partial charge in [0.1, 0.15) is 17.4 Å². The number of aliphatic imine (C=N–C) groups is 1. The van der Waals surface area contributed by atoms with Gasteiger partial charge in [-0.05, 0) is 44.0 Å². The average molecular weight is 507 g/mol. The predicted molar refractivity (Wildman–Crippen MR) is 142 cm³/mol. The van der Waals surface area contributed by atoms with Crippen LogP contribution in [-0.2, 0) is 0 Å². The summed E-state index contributed by atoms with van der Waals surface area (Å²) >= 11 is 0. The van der Waals surface area contributed by atoms with E-state index in [-0.39, 0.29) is 17.6 Å². The maximum absolute atomic E-state index is 13.9. The summed E-state index contributed by atoms with van der Waals surface area (Å²) in [7, 11) is 4.78. The Labute approximate surface area is 215 Å². The van der Waals surface area contributed by atoms with Crippen LogP contribution in [0.5, 0.6) is 5.75 Å². The fourth-order valence-electron chi connectivity index (χ4n) is 4.12. The summed E-state index contributed by atoms with van der Waals surface area (Å²) in [6.07, 6.45) is 5.39. The number of ether oxygens (including phenoxy) is 1. The quantitative estimate of drug-likeness (QED) is 0.358. The zero-order chi connectivity index (χ0) is 26.5. The molecule has 0 atom stereocenters. The largest absolute Gasteiger partial charge is 0.496 e. The summed E-state index contributed by atoms with van der Waals surface area (Å²) in [5.74, 6) is 0.314. The normalized spacial score (nSPS) is 14.6. The van der Waals surface area contributed by atoms with Crippen LogP contribution >= 0.6 is 0 Å². The molecule has 3 heterocycles. The van der Waals surface area contributed by atoms with Gasteiger partial charge >= 0.3 is 0 Å². The monoisotopic (exact) mass is 506 g/mol. The van der Waals surface area contributed by atoms with Crippen LogP contribution in [0.1, 0.15) is 17.3 Å². The van der Waals surface area contributed by atoms with Crippen LogP contribution in [-0.4, -0.2) is 84.4 Å². The van der Waals surface area contributed by atoms with Crippen LogP contribution in [0.15, 0.2) is 59.1 Å². The molecule has 0 aliphatic carbocycles. The Morgan fingerprint density at radius 1 is 1.27 bits per heavy atom. The summed E-state index contributed by atoms with van der Waals surface area (Å²) in [5, 5.41) is 11.0. The molecule has 0 unspecified atom stereocenters. The lowest BCUT2D eigenvalue weighted by Gasteiger charge is -2.29. The van der Waals surface area contributed by atoms with Crippen LogP contribution in [0.2, 0.25) is 0 Å². The molecule has 1 fully saturated rings. The van der Waals surface area contributed by atoms with Gasteiger partial charge in [0.2, 0.25) is 5.95 Å². The molecule has 37 heavy (non-hydrogen) atoms. The van der Waals surface area contributed by atoms with Gasteiger partial charge in [-0.25, -0.2) is 18.9 Å². The molecule has 1 aromatic carbocycles. The first-order valence-electron chi connectivity index (χ1n) is 11.8. The van der Waals surface area contributed by atoms with Gasteiger partial charge in [0, 0.05) is 57.6 Å². The molecule has 4 rings (SSSR count). The first-order chi connectivity index (χ1) is 17.8. The zero-order valence-electron chi connectivity index (χ0n) is 21.5. The third kappa shape index (κ3) is 5.61. The van der Waals surface area contributed by atoms with E-state index < -0.39 is 5.82 Å². The topological polar surface area (TPSA) is 99.4 Å². The minimum Gasteiger partial charge on any atom is -0.496 e. The highest BCUT2D eigenvalue weighted by molar-refractivity contribution is 6.02. The molecule has 1 amide bonds. The van der Waals surface area contributed by atoms with Gasteiger partial charge in [-0.3, -0.25) is 4.79 Å². The van der Waals surface area contributed by atoms with Crippen LogP contribution < -0.4 is 15.4 Å². The average Bonchev–Trinajstić information content (AvgIpc) is 3.29. The fraction of sp³-hybridized carbons (Fsp3) is 0.308. The van der Waals surface area contributed by atoms with Crippen molar-refractivity contribution in [2.45, 2.75) is 6.92 Å². The highest BCUT2D eigenvalue weighted by atomic mass is 19.1. The SMILES string of the molecule is C=N/C(=C\C=C(/C)N1CCNCC1)Nc1ncc2cc(C(=O)N(C)C)c(-c3ccc(F)cc3OC)n2n1. The summed E-state index contributed by atoms with van der Waals surface area (Å²) in [6.45, 7) is 9.49. The molecule has 10 nitrogen and oxygen atoms in total. The molecule has 1 aliphatic heterocycles. The second kappa shape index (κ2) is 11.2. The smallest absolute Gasteiger partial charge is 0.255 e. The minimum absolute atomic E-state index is 0.233. The number of nitrogens with zero attached hydrogens (tertiary/aromatic N) is 6. The Bertz CT molecular complexity index is 1370. The number of aromatic nitrogens is 3. The number of allylic oxidation sites excluding steroid dienone is 3. The van der Waals surface area contributed by atoms with Crippen molar-refractivity contribution in [2.75, 3.05) is 52.7 Å². The van der Waals surface area contributed by atoms with E-state index in [2.05, 4.69) is 44.2 Å². The number of halogens is 1. The molecule has 194 valence electrons. The molecule has 2 aromatic heterocycles. The van der Waals surface area contributed by atoms with Crippen molar-refractivity contribution in [3.05, 3.63) is 65.5 Å². The molecule has 0 bridgehead atoms. The lowest BCUT2D eigenvalue weighted by molar-refractivity contribution is 0.0828. The zero-order valence-corrected chi connectivity index (χ0v) is 21.5. The Morgan fingerprint density at radius 2 is 2.03 bits per heavy atom. The molecule has 2 N–H and O–H groups in total. The van der Waals surface area contributed by atoms with Gasteiger partial charge < -0.3 is 25.2 Å². The third-order valence-corrected chi connectivity index (χ3v) is 6.08. The van der Waals surface area contributed by atoms with Crippen molar-refractivity contribution in [1.29, 1.82) is 0 Å². The molecule has 11 heteroatoms. The number of hydrogen-bond acceptors (Lipinski definition) is 8. The maximum atomic E-state index is 13.9. The first-order valence-corrected chi connectivity index (χ1v) is 11.8. The molecular formula is C26H31FN8O2. The molecular weight excluding hydrogens is 475 g/mol. The van der Waals surface area contributed by atoms with Crippen molar-refractivity contribution in [2.24, 2.45) is 4.99 Å². The third-order valence-electron chi connectivity index (χ3n) is 6.08. The molecule has 3 aromatic rings. The molecule has 1 saturated heterocycles. The van der Waals surface area contributed by atoms with Gasteiger partial charge in [0.25, 0.3) is 5.91 Å². The first kappa shape index (κ1) is 25.8. The van der Waals surface area contributed by atoms with Gasteiger partial charge in [0.05, 0.1) is 30.1 Å². The molecule has 1 aliphatic rings. The Morgan fingerprint density at radius 3 is 2.70 bits per heavy atom. The van der Waals surface area contributed by atoms with Crippen LogP contribution in [0, 0.1) is 5.82 Å². The summed E-state index contributed by atoms with van der Waals surface area (Å²) in [6, 6.07) is 5.86. The van der Waals surface area contributed by atoms with Gasteiger partial charge in [0.15, 0.2) is 0 Å². The lowest BCUT2D eigenvalue weighted by atomic mass is 10.1. The number of benzene rings is 1. The van der Waals surface area contributed by atoms with Crippen LogP contribution in [0.4, 0.5) is 10.3 Å². The number of amides is 1. The van der Waals surface area contributed by atoms with Crippen molar-refractivity contribution in [3.63, 3.8) is 0 Å². The Balaban J connectivity index is 1.75. The molecule has 0 saturated carbocycles. The Hall–Kier alpha value is -4.25. The van der Waals surface area contributed by atoms with E-state index >= 15 is 0 Å². The van der Waals surface area contributed by atoms with E-state index in [4.69, 9.17) is 4.74 Å². The van der Waals surface area contributed by atoms with Crippen molar-refractivity contribution in [3.8, 4) is 17.0 Å². The second-order valence-electron chi connectivity index (χ2n) is 8.75. The summed E-state index contributed by atoms with van der Waals surface area (Å²) < 4.78 is 21.0. The van der Waals surface area contributed by atoms with E-state index in [1.54, 1.807) is 36.9 Å². The number of nitrogens with one attached hydrogen (secondary N) is 2. The molecule has 0 radical (unpaired) electrons. The fourth-order valence-corrected chi connectivity index (χ4v) is 4.12. The summed E-state index contributed by atoms with van der Waals surface area (Å²) in [4.78, 5) is 25.3. The van der Waals surface area contributed by atoms with Gasteiger partial charge in [-0.2, -0.15) is 0 Å². The van der Waals surface area contributed by atoms with Crippen molar-refractivity contribution < 1.29 is 13.9 Å². The number of rotatable bonds is 8. The summed E-state index contributed by atoms with van der Waals surface area (Å²) in [5.41, 5.74) is 3.06. The van der Waals surface area contributed by atoms with E-state index in [1.165, 1.54) is 24.1 Å². The van der Waals surface area contributed by atoms with E-state index in [9.17, 15) is 9.18 Å². The van der Waals surface area contributed by atoms with Gasteiger partial charge in [-0.15, -0.1) is 5.10 Å². The number of anilines is 1. The standard InChI is InChI=1S/C26H31FN8O2/c1-17(34-12-10-29-11-13-34)6-9-23(28-2)31-26-30-16-19-15-21(25(36)33(3)4)24(35(19)32-26)20-8-7-18(27)14-22(20)37-5/h6-9,14-16,29H,2,10-13H2,1,3-5H3,(H,31,32)/b17-6+,23-9+. The second-order valence-corrected chi connectivity index (χ2v) is 8.75. The number of piperazine rings is 1. The molecule has 0 spiro atoms. The maximum Gasteiger partial charge on any atom is 0.255 e. The number of fused-ring (bicyclic) bond motifs is 1. The van der Waals surface area contributed by atoms with Crippen molar-refractivity contribution in [1.82, 2.24) is 29.7 Å². The number of carbonyl (C=O) groups excluding carboxylic acids is 1. The van der Waals surface area contributed by atoms with Gasteiger partial charge in [-0.1, -0.05) is 0 Å². The lowest BCUT2D eigenvalue weighted by Crippen LogP contribution is -2.42. The highest BCUT2D eigenvalue weighted by Gasteiger charge is 2.24. The number of hydrogen-bond donors (Lipinski definition) is 2. The van der Waals surface area contributed by atoms with Crippen LogP contribution in [0.25, 0.3) is 16.8 Å². The van der Waals surface area contributed by atoms with E-state index in [0.717, 1.165) is 31.9 Å². The van der Waals surface area contributed by atoms with Crippen molar-refractivity contribution >= 4 is 24.1 Å². The predicted octanol–water partition coefficient (Wildman–Crippen LogP) is 3.01. The van der Waals surface area contributed by atoms with E-state index in [0.29, 0.717) is 28.2 Å². The van der Waals surface area contributed by atoms with E-state index in [1.807, 2.05) is 12.2 Å². The highest BCUT2D eigenvalue weighted by Crippen LogP contribution is 2.35. The Kier molecular flexibility index (Phi) is 7.83.